The van der Waals surface area contributed by atoms with E-state index >= 15 is 0 Å². The Morgan fingerprint density at radius 1 is 1.12 bits per heavy atom. The van der Waals surface area contributed by atoms with Crippen molar-refractivity contribution in [3.05, 3.63) is 64.1 Å². The van der Waals surface area contributed by atoms with Crippen molar-refractivity contribution >= 4 is 28.6 Å². The van der Waals surface area contributed by atoms with Gasteiger partial charge in [-0.15, -0.1) is 21.5 Å². The summed E-state index contributed by atoms with van der Waals surface area (Å²) in [4.78, 5) is 8.90. The Balaban J connectivity index is 1.63. The Kier molecular flexibility index (Phi) is 4.59. The molecule has 1 N–H and O–H groups in total. The highest BCUT2D eigenvalue weighted by Crippen LogP contribution is 2.31. The highest BCUT2D eigenvalue weighted by Gasteiger charge is 2.15. The Hall–Kier alpha value is -2.84. The number of pyridine rings is 1. The molecular formula is C17H11ClFN5OS. The summed E-state index contributed by atoms with van der Waals surface area (Å²) in [6.45, 7) is 0.494. The zero-order valence-electron chi connectivity index (χ0n) is 13.2. The molecule has 4 rings (SSSR count). The van der Waals surface area contributed by atoms with E-state index in [4.69, 9.17) is 16.0 Å². The van der Waals surface area contributed by atoms with Gasteiger partial charge in [0.05, 0.1) is 12.1 Å². The standard InChI is InChI=1S/C17H11ClFN5OS/c18-17-22-9-12(26-17)8-21-14-2-1-11(19)7-13(14)16-24-23-15(25-16)10-3-5-20-6-4-10/h1-7,9,21H,8H2. The van der Waals surface area contributed by atoms with Crippen molar-refractivity contribution in [1.29, 1.82) is 0 Å². The van der Waals surface area contributed by atoms with E-state index in [9.17, 15) is 4.39 Å². The zero-order valence-corrected chi connectivity index (χ0v) is 14.8. The van der Waals surface area contributed by atoms with Gasteiger partial charge in [-0.1, -0.05) is 11.6 Å². The largest absolute Gasteiger partial charge is 0.416 e. The SMILES string of the molecule is Fc1ccc(NCc2cnc(Cl)s2)c(-c2nnc(-c3ccncc3)o2)c1. The average Bonchev–Trinajstić information content (AvgIpc) is 3.30. The van der Waals surface area contributed by atoms with Crippen LogP contribution in [-0.4, -0.2) is 20.2 Å². The van der Waals surface area contributed by atoms with Crippen molar-refractivity contribution in [2.24, 2.45) is 0 Å². The molecule has 0 aliphatic heterocycles. The first-order valence-corrected chi connectivity index (χ1v) is 8.76. The van der Waals surface area contributed by atoms with Crippen LogP contribution in [0.15, 0.2) is 53.3 Å². The second kappa shape index (κ2) is 7.19. The average molecular weight is 388 g/mol. The van der Waals surface area contributed by atoms with Gasteiger partial charge in [-0.2, -0.15) is 0 Å². The van der Waals surface area contributed by atoms with Gasteiger partial charge in [0, 0.05) is 34.7 Å². The minimum Gasteiger partial charge on any atom is -0.416 e. The quantitative estimate of drug-likeness (QED) is 0.536. The number of benzene rings is 1. The van der Waals surface area contributed by atoms with Gasteiger partial charge in [-0.3, -0.25) is 4.98 Å². The molecule has 1 aromatic carbocycles. The molecule has 0 amide bonds. The maximum atomic E-state index is 13.8. The number of nitrogens with one attached hydrogen (secondary N) is 1. The molecule has 0 bridgehead atoms. The van der Waals surface area contributed by atoms with Crippen LogP contribution in [0.1, 0.15) is 4.88 Å². The van der Waals surface area contributed by atoms with Gasteiger partial charge in [0.1, 0.15) is 5.82 Å². The fourth-order valence-corrected chi connectivity index (χ4v) is 3.26. The number of nitrogens with zero attached hydrogens (tertiary/aromatic N) is 4. The number of hydrogen-bond donors (Lipinski definition) is 1. The van der Waals surface area contributed by atoms with Gasteiger partial charge in [0.25, 0.3) is 0 Å². The molecule has 3 aromatic heterocycles. The Morgan fingerprint density at radius 3 is 2.69 bits per heavy atom. The molecule has 0 unspecified atom stereocenters. The van der Waals surface area contributed by atoms with Crippen molar-refractivity contribution in [1.82, 2.24) is 20.2 Å². The van der Waals surface area contributed by atoms with Crippen LogP contribution in [0.5, 0.6) is 0 Å². The van der Waals surface area contributed by atoms with Crippen LogP contribution in [-0.2, 0) is 6.54 Å². The van der Waals surface area contributed by atoms with Gasteiger partial charge in [0.2, 0.25) is 11.8 Å². The summed E-state index contributed by atoms with van der Waals surface area (Å²) in [6.07, 6.45) is 4.96. The third-order valence-corrected chi connectivity index (χ3v) is 4.66. The van der Waals surface area contributed by atoms with E-state index in [0.717, 1.165) is 10.4 Å². The lowest BCUT2D eigenvalue weighted by Crippen LogP contribution is -2.00. The van der Waals surface area contributed by atoms with Crippen molar-refractivity contribution in [2.45, 2.75) is 6.54 Å². The van der Waals surface area contributed by atoms with E-state index in [0.29, 0.717) is 28.2 Å². The van der Waals surface area contributed by atoms with Crippen LogP contribution in [0.3, 0.4) is 0 Å². The first kappa shape index (κ1) is 16.6. The molecule has 6 nitrogen and oxygen atoms in total. The summed E-state index contributed by atoms with van der Waals surface area (Å²) < 4.78 is 20.0. The second-order valence-electron chi connectivity index (χ2n) is 5.27. The number of rotatable bonds is 5. The van der Waals surface area contributed by atoms with Crippen LogP contribution in [0.4, 0.5) is 10.1 Å². The third kappa shape index (κ3) is 3.56. The lowest BCUT2D eigenvalue weighted by Gasteiger charge is -2.08. The van der Waals surface area contributed by atoms with Crippen molar-refractivity contribution in [2.75, 3.05) is 5.32 Å². The molecule has 0 fully saturated rings. The van der Waals surface area contributed by atoms with E-state index in [1.165, 1.54) is 23.5 Å². The summed E-state index contributed by atoms with van der Waals surface area (Å²) in [5, 5.41) is 11.3. The number of aromatic nitrogens is 4. The Bertz CT molecular complexity index is 1040. The first-order chi connectivity index (χ1) is 12.7. The van der Waals surface area contributed by atoms with Gasteiger partial charge in [-0.05, 0) is 30.3 Å². The van der Waals surface area contributed by atoms with Crippen molar-refractivity contribution in [3.8, 4) is 22.9 Å². The van der Waals surface area contributed by atoms with Crippen LogP contribution in [0.25, 0.3) is 22.9 Å². The van der Waals surface area contributed by atoms with E-state index in [1.807, 2.05) is 0 Å². The van der Waals surface area contributed by atoms with E-state index in [-0.39, 0.29) is 5.89 Å². The molecule has 26 heavy (non-hydrogen) atoms. The second-order valence-corrected chi connectivity index (χ2v) is 6.97. The van der Waals surface area contributed by atoms with E-state index in [2.05, 4.69) is 25.5 Å². The molecule has 0 saturated carbocycles. The van der Waals surface area contributed by atoms with Crippen molar-refractivity contribution in [3.63, 3.8) is 0 Å². The molecule has 0 spiro atoms. The Labute approximate surface area is 156 Å². The number of halogens is 2. The summed E-state index contributed by atoms with van der Waals surface area (Å²) in [7, 11) is 0. The molecule has 4 aromatic rings. The molecule has 0 radical (unpaired) electrons. The zero-order chi connectivity index (χ0) is 17.9. The number of thiazole rings is 1. The topological polar surface area (TPSA) is 76.7 Å². The van der Waals surface area contributed by atoms with Gasteiger partial charge in [0.15, 0.2) is 4.47 Å². The van der Waals surface area contributed by atoms with Gasteiger partial charge >= 0.3 is 0 Å². The molecule has 0 atom stereocenters. The number of hydrogen-bond acceptors (Lipinski definition) is 7. The van der Waals surface area contributed by atoms with Crippen LogP contribution < -0.4 is 5.32 Å². The highest BCUT2D eigenvalue weighted by atomic mass is 35.5. The first-order valence-electron chi connectivity index (χ1n) is 7.57. The summed E-state index contributed by atoms with van der Waals surface area (Å²) in [5.74, 6) is 0.169. The molecule has 9 heteroatoms. The normalized spacial score (nSPS) is 10.8. The van der Waals surface area contributed by atoms with Crippen LogP contribution in [0.2, 0.25) is 4.47 Å². The van der Waals surface area contributed by atoms with Crippen LogP contribution in [0, 0.1) is 5.82 Å². The highest BCUT2D eigenvalue weighted by molar-refractivity contribution is 7.15. The van der Waals surface area contributed by atoms with Gasteiger partial charge in [-0.25, -0.2) is 9.37 Å². The summed E-state index contributed by atoms with van der Waals surface area (Å²) in [6, 6.07) is 7.87. The Morgan fingerprint density at radius 2 is 1.92 bits per heavy atom. The monoisotopic (exact) mass is 387 g/mol. The molecule has 0 aliphatic carbocycles. The smallest absolute Gasteiger partial charge is 0.250 e. The fourth-order valence-electron chi connectivity index (χ4n) is 2.34. The van der Waals surface area contributed by atoms with E-state index < -0.39 is 5.82 Å². The summed E-state index contributed by atoms with van der Waals surface area (Å²) >= 11 is 7.22. The maximum Gasteiger partial charge on any atom is 0.250 e. The fraction of sp³-hybridized carbons (Fsp3) is 0.0588. The third-order valence-electron chi connectivity index (χ3n) is 3.54. The summed E-state index contributed by atoms with van der Waals surface area (Å²) in [5.41, 5.74) is 1.89. The lowest BCUT2D eigenvalue weighted by atomic mass is 10.1. The lowest BCUT2D eigenvalue weighted by molar-refractivity contribution is 0.582. The minimum atomic E-state index is -0.393. The predicted octanol–water partition coefficient (Wildman–Crippen LogP) is 4.66. The molecular weight excluding hydrogens is 377 g/mol. The van der Waals surface area contributed by atoms with Crippen molar-refractivity contribution < 1.29 is 8.81 Å². The van der Waals surface area contributed by atoms with E-state index in [1.54, 1.807) is 36.8 Å². The predicted molar refractivity (Wildman–Crippen MR) is 97.4 cm³/mol. The molecule has 3 heterocycles. The molecule has 0 aliphatic rings. The number of anilines is 1. The minimum absolute atomic E-state index is 0.223. The van der Waals surface area contributed by atoms with Crippen LogP contribution >= 0.6 is 22.9 Å². The molecule has 0 saturated heterocycles. The van der Waals surface area contributed by atoms with Gasteiger partial charge < -0.3 is 9.73 Å². The maximum absolute atomic E-state index is 13.8. The molecule has 130 valence electrons.